The highest BCUT2D eigenvalue weighted by Gasteiger charge is 2.18. The average molecular weight is 295 g/mol. The zero-order valence-corrected chi connectivity index (χ0v) is 11.3. The van der Waals surface area contributed by atoms with Crippen LogP contribution in [0, 0.1) is 6.92 Å². The van der Waals surface area contributed by atoms with Crippen LogP contribution in [0.2, 0.25) is 5.02 Å². The monoisotopic (exact) mass is 294 g/mol. The van der Waals surface area contributed by atoms with Crippen LogP contribution in [0.3, 0.4) is 0 Å². The van der Waals surface area contributed by atoms with E-state index in [1.807, 2.05) is 0 Å². The van der Waals surface area contributed by atoms with Crippen molar-refractivity contribution in [2.75, 3.05) is 18.5 Å². The van der Waals surface area contributed by atoms with Crippen molar-refractivity contribution >= 4 is 23.2 Å². The Hall–Kier alpha value is -2.28. The lowest BCUT2D eigenvalue weighted by molar-refractivity contribution is 0.101. The van der Waals surface area contributed by atoms with Gasteiger partial charge < -0.3 is 14.8 Å². The molecule has 0 saturated carbocycles. The van der Waals surface area contributed by atoms with Gasteiger partial charge in [0.25, 0.3) is 5.91 Å². The van der Waals surface area contributed by atoms with E-state index >= 15 is 0 Å². The maximum atomic E-state index is 12.0. The second-order valence-corrected chi connectivity index (χ2v) is 4.58. The number of rotatable bonds is 2. The zero-order valence-electron chi connectivity index (χ0n) is 10.6. The molecular weight excluding hydrogens is 284 g/mol. The molecular formula is C12H11ClN4O3. The number of nitrogens with zero attached hydrogens (tertiary/aromatic N) is 2. The Kier molecular flexibility index (Phi) is 3.19. The number of amides is 1. The van der Waals surface area contributed by atoms with Crippen LogP contribution >= 0.6 is 11.6 Å². The van der Waals surface area contributed by atoms with Gasteiger partial charge in [-0.15, -0.1) is 5.10 Å². The van der Waals surface area contributed by atoms with Gasteiger partial charge in [-0.05, 0) is 6.92 Å². The van der Waals surface area contributed by atoms with Gasteiger partial charge in [-0.1, -0.05) is 11.6 Å². The Labute approximate surface area is 119 Å². The van der Waals surface area contributed by atoms with Crippen molar-refractivity contribution in [3.8, 4) is 11.5 Å². The highest BCUT2D eigenvalue weighted by Crippen LogP contribution is 2.37. The fourth-order valence-corrected chi connectivity index (χ4v) is 1.98. The molecule has 3 rings (SSSR count). The maximum absolute atomic E-state index is 12.0. The lowest BCUT2D eigenvalue weighted by Gasteiger charge is -2.19. The van der Waals surface area contributed by atoms with Gasteiger partial charge in [-0.2, -0.15) is 0 Å². The van der Waals surface area contributed by atoms with Crippen molar-refractivity contribution in [1.29, 1.82) is 0 Å². The summed E-state index contributed by atoms with van der Waals surface area (Å²) in [6.07, 6.45) is 0. The van der Waals surface area contributed by atoms with Crippen molar-refractivity contribution in [2.45, 2.75) is 6.92 Å². The van der Waals surface area contributed by atoms with Crippen LogP contribution in [0.1, 0.15) is 16.4 Å². The van der Waals surface area contributed by atoms with Crippen LogP contribution in [0.5, 0.6) is 11.5 Å². The molecule has 0 aliphatic carbocycles. The summed E-state index contributed by atoms with van der Waals surface area (Å²) >= 11 is 6.10. The number of carbonyl (C=O) groups excluding carboxylic acids is 1. The lowest BCUT2D eigenvalue weighted by atomic mass is 10.2. The minimum atomic E-state index is -0.451. The van der Waals surface area contributed by atoms with Gasteiger partial charge in [0.05, 0.1) is 10.7 Å². The molecule has 0 spiro atoms. The number of fused-ring (bicyclic) bond motifs is 1. The molecule has 0 unspecified atom stereocenters. The molecule has 7 nitrogen and oxygen atoms in total. The third kappa shape index (κ3) is 2.39. The number of halogens is 1. The molecule has 1 aromatic heterocycles. The Morgan fingerprint density at radius 1 is 1.35 bits per heavy atom. The molecule has 1 aromatic carbocycles. The quantitative estimate of drug-likeness (QED) is 0.881. The number of hydrogen-bond acceptors (Lipinski definition) is 5. The number of ether oxygens (including phenoxy) is 2. The van der Waals surface area contributed by atoms with E-state index in [2.05, 4.69) is 20.5 Å². The van der Waals surface area contributed by atoms with Crippen molar-refractivity contribution in [3.05, 3.63) is 28.8 Å². The SMILES string of the molecule is Cc1nc(C(=O)Nc2cc3c(cc2Cl)OCCO3)n[nH]1. The van der Waals surface area contributed by atoms with Gasteiger partial charge in [0, 0.05) is 12.1 Å². The van der Waals surface area contributed by atoms with E-state index in [0.29, 0.717) is 41.2 Å². The number of anilines is 1. The van der Waals surface area contributed by atoms with Crippen molar-refractivity contribution < 1.29 is 14.3 Å². The number of hydrogen-bond donors (Lipinski definition) is 2. The predicted octanol–water partition coefficient (Wildman–Crippen LogP) is 1.79. The van der Waals surface area contributed by atoms with Crippen LogP contribution in [0.25, 0.3) is 0 Å². The molecule has 2 aromatic rings. The van der Waals surface area contributed by atoms with E-state index < -0.39 is 5.91 Å². The Morgan fingerprint density at radius 2 is 2.05 bits per heavy atom. The van der Waals surface area contributed by atoms with E-state index in [9.17, 15) is 4.79 Å². The van der Waals surface area contributed by atoms with Gasteiger partial charge in [-0.25, -0.2) is 4.98 Å². The first-order valence-electron chi connectivity index (χ1n) is 5.93. The largest absolute Gasteiger partial charge is 0.486 e. The summed E-state index contributed by atoms with van der Waals surface area (Å²) in [6.45, 7) is 2.65. The minimum absolute atomic E-state index is 0.0495. The minimum Gasteiger partial charge on any atom is -0.486 e. The van der Waals surface area contributed by atoms with Gasteiger partial charge in [0.15, 0.2) is 11.5 Å². The Morgan fingerprint density at radius 3 is 2.70 bits per heavy atom. The average Bonchev–Trinajstić information content (AvgIpc) is 2.86. The molecule has 0 fully saturated rings. The summed E-state index contributed by atoms with van der Waals surface area (Å²) in [4.78, 5) is 15.9. The van der Waals surface area contributed by atoms with Gasteiger partial charge in [0.2, 0.25) is 5.82 Å². The topological polar surface area (TPSA) is 89.1 Å². The number of H-pyrrole nitrogens is 1. The zero-order chi connectivity index (χ0) is 14.1. The number of benzene rings is 1. The first-order chi connectivity index (χ1) is 9.63. The van der Waals surface area contributed by atoms with Crippen LogP contribution in [0.15, 0.2) is 12.1 Å². The fourth-order valence-electron chi connectivity index (χ4n) is 1.78. The lowest BCUT2D eigenvalue weighted by Crippen LogP contribution is -2.17. The van der Waals surface area contributed by atoms with E-state index in [0.717, 1.165) is 0 Å². The molecule has 2 N–H and O–H groups in total. The van der Waals surface area contributed by atoms with Crippen molar-refractivity contribution in [3.63, 3.8) is 0 Å². The summed E-state index contributed by atoms with van der Waals surface area (Å²) in [5.41, 5.74) is 0.420. The number of nitrogens with one attached hydrogen (secondary N) is 2. The molecule has 0 atom stereocenters. The van der Waals surface area contributed by atoms with Gasteiger partial charge >= 0.3 is 0 Å². The van der Waals surface area contributed by atoms with Crippen molar-refractivity contribution in [2.24, 2.45) is 0 Å². The molecule has 104 valence electrons. The first kappa shape index (κ1) is 12.7. The van der Waals surface area contributed by atoms with Crippen LogP contribution in [0.4, 0.5) is 5.69 Å². The highest BCUT2D eigenvalue weighted by molar-refractivity contribution is 6.34. The summed E-state index contributed by atoms with van der Waals surface area (Å²) in [6, 6.07) is 3.23. The second kappa shape index (κ2) is 5.01. The number of aryl methyl sites for hydroxylation is 1. The first-order valence-corrected chi connectivity index (χ1v) is 6.31. The molecule has 0 radical (unpaired) electrons. The molecule has 20 heavy (non-hydrogen) atoms. The molecule has 8 heteroatoms. The number of aromatic nitrogens is 3. The molecule has 1 aliphatic heterocycles. The Bertz CT molecular complexity index is 671. The Balaban J connectivity index is 1.85. The fraction of sp³-hybridized carbons (Fsp3) is 0.250. The standard InChI is InChI=1S/C12H11ClN4O3/c1-6-14-11(17-16-6)12(18)15-8-5-10-9(4-7(8)13)19-2-3-20-10/h4-5H,2-3H2,1H3,(H,15,18)(H,14,16,17). The summed E-state index contributed by atoms with van der Waals surface area (Å²) in [7, 11) is 0. The van der Waals surface area contributed by atoms with E-state index in [-0.39, 0.29) is 5.82 Å². The summed E-state index contributed by atoms with van der Waals surface area (Å²) in [5.74, 6) is 1.26. The molecule has 1 aliphatic rings. The van der Waals surface area contributed by atoms with Gasteiger partial charge in [0.1, 0.15) is 19.0 Å². The van der Waals surface area contributed by atoms with Gasteiger partial charge in [-0.3, -0.25) is 9.89 Å². The van der Waals surface area contributed by atoms with Crippen LogP contribution < -0.4 is 14.8 Å². The third-order valence-corrected chi connectivity index (χ3v) is 2.99. The normalized spacial score (nSPS) is 13.1. The van der Waals surface area contributed by atoms with E-state index in [1.165, 1.54) is 0 Å². The maximum Gasteiger partial charge on any atom is 0.295 e. The van der Waals surface area contributed by atoms with Crippen molar-refractivity contribution in [1.82, 2.24) is 15.2 Å². The smallest absolute Gasteiger partial charge is 0.295 e. The number of carbonyl (C=O) groups is 1. The summed E-state index contributed by atoms with van der Waals surface area (Å²) < 4.78 is 10.8. The molecule has 1 amide bonds. The highest BCUT2D eigenvalue weighted by atomic mass is 35.5. The van der Waals surface area contributed by atoms with E-state index in [1.54, 1.807) is 19.1 Å². The number of aromatic amines is 1. The predicted molar refractivity (Wildman–Crippen MR) is 71.5 cm³/mol. The third-order valence-electron chi connectivity index (χ3n) is 2.68. The second-order valence-electron chi connectivity index (χ2n) is 4.17. The van der Waals surface area contributed by atoms with Crippen LogP contribution in [-0.4, -0.2) is 34.3 Å². The van der Waals surface area contributed by atoms with E-state index in [4.69, 9.17) is 21.1 Å². The van der Waals surface area contributed by atoms with Crippen LogP contribution in [-0.2, 0) is 0 Å². The molecule has 2 heterocycles. The molecule has 0 bridgehead atoms. The molecule has 0 saturated heterocycles. The summed E-state index contributed by atoms with van der Waals surface area (Å²) in [5, 5.41) is 9.38.